The van der Waals surface area contributed by atoms with Crippen molar-refractivity contribution in [3.8, 4) is 0 Å². The monoisotopic (exact) mass is 425 g/mol. The fraction of sp³-hybridized carbons (Fsp3) is 0.227. The number of amides is 3. The molecule has 1 aromatic carbocycles. The van der Waals surface area contributed by atoms with Gasteiger partial charge in [-0.3, -0.25) is 14.4 Å². The van der Waals surface area contributed by atoms with Crippen molar-refractivity contribution in [2.45, 2.75) is 27.3 Å². The first-order chi connectivity index (χ1) is 14.4. The first-order valence-electron chi connectivity index (χ1n) is 9.48. The Balaban J connectivity index is 1.69. The van der Waals surface area contributed by atoms with E-state index in [0.29, 0.717) is 28.7 Å². The average molecular weight is 426 g/mol. The second-order valence-corrected chi connectivity index (χ2v) is 7.79. The van der Waals surface area contributed by atoms with Gasteiger partial charge < -0.3 is 20.0 Å². The van der Waals surface area contributed by atoms with Crippen molar-refractivity contribution >= 4 is 39.7 Å². The van der Waals surface area contributed by atoms with Crippen molar-refractivity contribution in [1.82, 2.24) is 4.90 Å². The van der Waals surface area contributed by atoms with Crippen LogP contribution >= 0.6 is 11.3 Å². The Morgan fingerprint density at radius 3 is 2.53 bits per heavy atom. The van der Waals surface area contributed by atoms with Crippen LogP contribution in [0, 0.1) is 6.92 Å². The molecular formula is C22H23N3O4S. The van der Waals surface area contributed by atoms with Gasteiger partial charge in [0.25, 0.3) is 11.8 Å². The molecule has 0 spiro atoms. The van der Waals surface area contributed by atoms with Gasteiger partial charge in [-0.1, -0.05) is 12.1 Å². The van der Waals surface area contributed by atoms with Crippen LogP contribution in [-0.2, 0) is 11.3 Å². The molecular weight excluding hydrogens is 402 g/mol. The number of carbonyl (C=O) groups is 3. The van der Waals surface area contributed by atoms with Crippen LogP contribution < -0.4 is 10.6 Å². The van der Waals surface area contributed by atoms with Crippen LogP contribution in [0.15, 0.2) is 53.1 Å². The van der Waals surface area contributed by atoms with Gasteiger partial charge in [-0.05, 0) is 55.3 Å². The van der Waals surface area contributed by atoms with Crippen LogP contribution in [0.4, 0.5) is 10.7 Å². The lowest BCUT2D eigenvalue weighted by atomic mass is 10.1. The summed E-state index contributed by atoms with van der Waals surface area (Å²) in [7, 11) is 0. The van der Waals surface area contributed by atoms with Gasteiger partial charge in [-0.25, -0.2) is 0 Å². The fourth-order valence-electron chi connectivity index (χ4n) is 2.95. The molecule has 3 rings (SSSR count). The fourth-order valence-corrected chi connectivity index (χ4v) is 3.91. The molecule has 0 unspecified atom stereocenters. The molecule has 2 aromatic heterocycles. The zero-order valence-corrected chi connectivity index (χ0v) is 17.8. The zero-order valence-electron chi connectivity index (χ0n) is 17.0. The van der Waals surface area contributed by atoms with Crippen molar-refractivity contribution in [1.29, 1.82) is 0 Å². The van der Waals surface area contributed by atoms with Crippen molar-refractivity contribution in [3.63, 3.8) is 0 Å². The maximum Gasteiger partial charge on any atom is 0.291 e. The first kappa shape index (κ1) is 21.3. The van der Waals surface area contributed by atoms with Crippen LogP contribution in [0.1, 0.15) is 45.2 Å². The Kier molecular flexibility index (Phi) is 6.68. The van der Waals surface area contributed by atoms with E-state index in [1.165, 1.54) is 24.5 Å². The van der Waals surface area contributed by atoms with Crippen LogP contribution in [0.25, 0.3) is 0 Å². The molecule has 0 radical (unpaired) electrons. The number of thiophene rings is 1. The molecule has 0 aliphatic heterocycles. The topological polar surface area (TPSA) is 91.7 Å². The number of aryl methyl sites for hydroxylation is 1. The van der Waals surface area contributed by atoms with Gasteiger partial charge in [0.1, 0.15) is 0 Å². The summed E-state index contributed by atoms with van der Waals surface area (Å²) in [6.45, 7) is 6.38. The van der Waals surface area contributed by atoms with E-state index in [4.69, 9.17) is 4.42 Å². The van der Waals surface area contributed by atoms with Crippen molar-refractivity contribution < 1.29 is 18.8 Å². The normalized spacial score (nSPS) is 10.5. The van der Waals surface area contributed by atoms with Crippen LogP contribution in [0.5, 0.6) is 0 Å². The maximum absolute atomic E-state index is 12.8. The van der Waals surface area contributed by atoms with Gasteiger partial charge >= 0.3 is 0 Å². The van der Waals surface area contributed by atoms with Gasteiger partial charge in [0.2, 0.25) is 5.91 Å². The number of hydrogen-bond donors (Lipinski definition) is 2. The predicted octanol–water partition coefficient (Wildman–Crippen LogP) is 4.52. The molecule has 0 saturated carbocycles. The lowest BCUT2D eigenvalue weighted by Crippen LogP contribution is -2.27. The van der Waals surface area contributed by atoms with Crippen molar-refractivity contribution in [2.24, 2.45) is 0 Å². The second kappa shape index (κ2) is 9.41. The van der Waals surface area contributed by atoms with Crippen molar-refractivity contribution in [2.75, 3.05) is 17.2 Å². The average Bonchev–Trinajstić information content (AvgIpc) is 3.36. The Morgan fingerprint density at radius 1 is 1.07 bits per heavy atom. The summed E-state index contributed by atoms with van der Waals surface area (Å²) >= 11 is 1.20. The van der Waals surface area contributed by atoms with Crippen LogP contribution in [0.2, 0.25) is 0 Å². The minimum absolute atomic E-state index is 0.00488. The van der Waals surface area contributed by atoms with Gasteiger partial charge in [0, 0.05) is 25.7 Å². The first-order valence-corrected chi connectivity index (χ1v) is 10.3. The summed E-state index contributed by atoms with van der Waals surface area (Å²) in [5, 5.41) is 6.19. The molecule has 8 heteroatoms. The molecule has 0 atom stereocenters. The lowest BCUT2D eigenvalue weighted by molar-refractivity contribution is -0.129. The van der Waals surface area contributed by atoms with Crippen molar-refractivity contribution in [3.05, 3.63) is 70.5 Å². The summed E-state index contributed by atoms with van der Waals surface area (Å²) in [6.07, 6.45) is 1.43. The third-order valence-corrected chi connectivity index (χ3v) is 5.64. The largest absolute Gasteiger partial charge is 0.459 e. The van der Waals surface area contributed by atoms with E-state index in [-0.39, 0.29) is 23.5 Å². The number of nitrogens with one attached hydrogen (secondary N) is 2. The van der Waals surface area contributed by atoms with E-state index in [0.717, 1.165) is 11.1 Å². The highest BCUT2D eigenvalue weighted by molar-refractivity contribution is 7.18. The minimum atomic E-state index is -0.369. The third-order valence-electron chi connectivity index (χ3n) is 4.49. The van der Waals surface area contributed by atoms with E-state index in [1.807, 2.05) is 32.0 Å². The molecule has 2 N–H and O–H groups in total. The standard InChI is InChI=1S/C22H23N3O4S/c1-4-25(15(3)26)13-16-7-5-8-17(12-16)23-22(28)20-14(2)11-19(30-20)24-21(27)18-9-6-10-29-18/h5-12H,4,13H2,1-3H3,(H,23,28)(H,24,27). The summed E-state index contributed by atoms with van der Waals surface area (Å²) in [5.74, 6) is -0.417. The van der Waals surface area contributed by atoms with E-state index < -0.39 is 0 Å². The van der Waals surface area contributed by atoms with Crippen LogP contribution in [-0.4, -0.2) is 29.2 Å². The molecule has 3 amide bonds. The molecule has 0 aliphatic rings. The van der Waals surface area contributed by atoms with Gasteiger partial charge in [0.15, 0.2) is 5.76 Å². The molecule has 0 bridgehead atoms. The number of benzene rings is 1. The summed E-state index contributed by atoms with van der Waals surface area (Å²) in [6, 6.07) is 12.4. The summed E-state index contributed by atoms with van der Waals surface area (Å²) in [4.78, 5) is 38.8. The SMILES string of the molecule is CCN(Cc1cccc(NC(=O)c2sc(NC(=O)c3ccco3)cc2C)c1)C(C)=O. The highest BCUT2D eigenvalue weighted by Gasteiger charge is 2.17. The lowest BCUT2D eigenvalue weighted by Gasteiger charge is -2.19. The van der Waals surface area contributed by atoms with Gasteiger partial charge in [0.05, 0.1) is 16.1 Å². The Morgan fingerprint density at radius 2 is 1.87 bits per heavy atom. The van der Waals surface area contributed by atoms with Crippen LogP contribution in [0.3, 0.4) is 0 Å². The molecule has 2 heterocycles. The quantitative estimate of drug-likeness (QED) is 0.582. The highest BCUT2D eigenvalue weighted by Crippen LogP contribution is 2.28. The minimum Gasteiger partial charge on any atom is -0.459 e. The molecule has 0 aliphatic carbocycles. The molecule has 156 valence electrons. The number of nitrogens with zero attached hydrogens (tertiary/aromatic N) is 1. The predicted molar refractivity (Wildman–Crippen MR) is 117 cm³/mol. The Labute approximate surface area is 178 Å². The van der Waals surface area contributed by atoms with Gasteiger partial charge in [-0.15, -0.1) is 11.3 Å². The smallest absolute Gasteiger partial charge is 0.291 e. The zero-order chi connectivity index (χ0) is 21.7. The number of rotatable bonds is 7. The summed E-state index contributed by atoms with van der Waals surface area (Å²) in [5.41, 5.74) is 2.34. The van der Waals surface area contributed by atoms with E-state index in [2.05, 4.69) is 10.6 Å². The van der Waals surface area contributed by atoms with E-state index in [9.17, 15) is 14.4 Å². The molecule has 7 nitrogen and oxygen atoms in total. The van der Waals surface area contributed by atoms with E-state index >= 15 is 0 Å². The van der Waals surface area contributed by atoms with E-state index in [1.54, 1.807) is 29.2 Å². The van der Waals surface area contributed by atoms with Gasteiger partial charge in [-0.2, -0.15) is 0 Å². The second-order valence-electron chi connectivity index (χ2n) is 6.74. The number of hydrogen-bond acceptors (Lipinski definition) is 5. The molecule has 3 aromatic rings. The third kappa shape index (κ3) is 5.15. The Hall–Kier alpha value is -3.39. The molecule has 0 fully saturated rings. The Bertz CT molecular complexity index is 1060. The molecule has 30 heavy (non-hydrogen) atoms. The maximum atomic E-state index is 12.8. The number of furan rings is 1. The highest BCUT2D eigenvalue weighted by atomic mass is 32.1. The summed E-state index contributed by atoms with van der Waals surface area (Å²) < 4.78 is 5.08. The number of carbonyl (C=O) groups excluding carboxylic acids is 3. The molecule has 0 saturated heterocycles. The number of anilines is 2.